The number of nitrogens with one attached hydrogen (secondary N) is 1. The maximum atomic E-state index is 13.2. The Bertz CT molecular complexity index is 548. The van der Waals surface area contributed by atoms with Gasteiger partial charge < -0.3 is 11.1 Å². The summed E-state index contributed by atoms with van der Waals surface area (Å²) in [6.07, 6.45) is 4.66. The summed E-state index contributed by atoms with van der Waals surface area (Å²) < 4.78 is 15.0. The average molecular weight is 248 g/mol. The summed E-state index contributed by atoms with van der Waals surface area (Å²) in [7, 11) is 1.89. The van der Waals surface area contributed by atoms with Crippen molar-refractivity contribution in [3.8, 4) is 0 Å². The number of halogens is 1. The predicted molar refractivity (Wildman–Crippen MR) is 71.0 cm³/mol. The van der Waals surface area contributed by atoms with Gasteiger partial charge in [0, 0.05) is 19.8 Å². The number of anilines is 2. The number of rotatable bonds is 4. The third-order valence-corrected chi connectivity index (χ3v) is 2.82. The molecule has 2 aromatic rings. The molecule has 0 aliphatic heterocycles. The van der Waals surface area contributed by atoms with Gasteiger partial charge in [-0.05, 0) is 36.6 Å². The quantitative estimate of drug-likeness (QED) is 0.815. The monoisotopic (exact) mass is 248 g/mol. The first-order chi connectivity index (χ1) is 8.56. The van der Waals surface area contributed by atoms with Crippen LogP contribution in [0.15, 0.2) is 24.5 Å². The minimum Gasteiger partial charge on any atom is -0.397 e. The zero-order chi connectivity index (χ0) is 13.1. The molecule has 0 fully saturated rings. The predicted octanol–water partition coefficient (Wildman–Crippen LogP) is 2.10. The second-order valence-corrected chi connectivity index (χ2v) is 4.39. The molecule has 1 aromatic carbocycles. The molecule has 5 heteroatoms. The fraction of sp³-hybridized carbons (Fsp3) is 0.308. The largest absolute Gasteiger partial charge is 0.397 e. The summed E-state index contributed by atoms with van der Waals surface area (Å²) in [5.41, 5.74) is 8.71. The first-order valence-electron chi connectivity index (χ1n) is 5.83. The molecule has 0 aliphatic rings. The highest BCUT2D eigenvalue weighted by Crippen LogP contribution is 2.22. The fourth-order valence-electron chi connectivity index (χ4n) is 1.79. The van der Waals surface area contributed by atoms with Gasteiger partial charge in [0.2, 0.25) is 0 Å². The Morgan fingerprint density at radius 2 is 2.22 bits per heavy atom. The van der Waals surface area contributed by atoms with Crippen LogP contribution < -0.4 is 11.1 Å². The van der Waals surface area contributed by atoms with E-state index >= 15 is 0 Å². The molecule has 0 aliphatic carbocycles. The van der Waals surface area contributed by atoms with Gasteiger partial charge in [-0.15, -0.1) is 0 Å². The minimum atomic E-state index is -0.273. The zero-order valence-corrected chi connectivity index (χ0v) is 10.6. The molecule has 0 spiro atoms. The number of hydrogen-bond acceptors (Lipinski definition) is 3. The summed E-state index contributed by atoms with van der Waals surface area (Å²) in [4.78, 5) is 0. The average Bonchev–Trinajstić information content (AvgIpc) is 2.71. The Labute approximate surface area is 106 Å². The van der Waals surface area contributed by atoms with Crippen LogP contribution in [0.1, 0.15) is 11.1 Å². The van der Waals surface area contributed by atoms with E-state index in [2.05, 4.69) is 10.4 Å². The molecule has 0 amide bonds. The van der Waals surface area contributed by atoms with Crippen LogP contribution in [0.25, 0.3) is 0 Å². The van der Waals surface area contributed by atoms with Crippen molar-refractivity contribution in [1.82, 2.24) is 9.78 Å². The molecule has 1 aromatic heterocycles. The van der Waals surface area contributed by atoms with Gasteiger partial charge in [0.15, 0.2) is 0 Å². The van der Waals surface area contributed by atoms with Crippen molar-refractivity contribution in [1.29, 1.82) is 0 Å². The van der Waals surface area contributed by atoms with Crippen molar-refractivity contribution in [2.24, 2.45) is 7.05 Å². The highest BCUT2D eigenvalue weighted by molar-refractivity contribution is 5.67. The van der Waals surface area contributed by atoms with E-state index in [1.54, 1.807) is 17.7 Å². The fourth-order valence-corrected chi connectivity index (χ4v) is 1.79. The second-order valence-electron chi connectivity index (χ2n) is 4.39. The molecule has 0 saturated heterocycles. The summed E-state index contributed by atoms with van der Waals surface area (Å²) in [5.74, 6) is -0.273. The Hall–Kier alpha value is -2.04. The Morgan fingerprint density at radius 3 is 2.89 bits per heavy atom. The van der Waals surface area contributed by atoms with Crippen LogP contribution in [-0.2, 0) is 13.5 Å². The van der Waals surface area contributed by atoms with Gasteiger partial charge in [0.05, 0.1) is 17.6 Å². The van der Waals surface area contributed by atoms with Crippen molar-refractivity contribution in [3.05, 3.63) is 41.5 Å². The number of nitrogens with two attached hydrogens (primary N) is 1. The van der Waals surface area contributed by atoms with Gasteiger partial charge in [-0.25, -0.2) is 4.39 Å². The number of nitrogen functional groups attached to an aromatic ring is 1. The van der Waals surface area contributed by atoms with E-state index in [-0.39, 0.29) is 5.82 Å². The lowest BCUT2D eigenvalue weighted by atomic mass is 10.1. The third-order valence-electron chi connectivity index (χ3n) is 2.82. The van der Waals surface area contributed by atoms with Crippen LogP contribution in [0.4, 0.5) is 15.8 Å². The van der Waals surface area contributed by atoms with Crippen LogP contribution in [-0.4, -0.2) is 16.3 Å². The van der Waals surface area contributed by atoms with E-state index < -0.39 is 0 Å². The normalized spacial score (nSPS) is 10.6. The highest BCUT2D eigenvalue weighted by Gasteiger charge is 2.04. The SMILES string of the molecule is Cc1cc(NCCc2cnn(C)c2)c(N)cc1F. The molecular formula is C13H17FN4. The molecule has 0 bridgehead atoms. The first kappa shape index (κ1) is 12.4. The number of hydrogen-bond donors (Lipinski definition) is 2. The molecular weight excluding hydrogens is 231 g/mol. The van der Waals surface area contributed by atoms with Gasteiger partial charge in [-0.1, -0.05) is 0 Å². The molecule has 2 rings (SSSR count). The van der Waals surface area contributed by atoms with Crippen molar-refractivity contribution in [2.45, 2.75) is 13.3 Å². The minimum absolute atomic E-state index is 0.273. The van der Waals surface area contributed by atoms with Gasteiger partial charge in [0.25, 0.3) is 0 Å². The summed E-state index contributed by atoms with van der Waals surface area (Å²) >= 11 is 0. The second kappa shape index (κ2) is 5.08. The third kappa shape index (κ3) is 2.80. The lowest BCUT2D eigenvalue weighted by Crippen LogP contribution is -2.07. The van der Waals surface area contributed by atoms with E-state index in [0.29, 0.717) is 11.3 Å². The molecule has 18 heavy (non-hydrogen) atoms. The number of aromatic nitrogens is 2. The van der Waals surface area contributed by atoms with E-state index in [4.69, 9.17) is 5.73 Å². The maximum absolute atomic E-state index is 13.2. The summed E-state index contributed by atoms with van der Waals surface area (Å²) in [6, 6.07) is 3.08. The highest BCUT2D eigenvalue weighted by atomic mass is 19.1. The Kier molecular flexibility index (Phi) is 3.50. The van der Waals surface area contributed by atoms with E-state index in [1.165, 1.54) is 6.07 Å². The van der Waals surface area contributed by atoms with Gasteiger partial charge in [-0.3, -0.25) is 4.68 Å². The van der Waals surface area contributed by atoms with Crippen molar-refractivity contribution in [2.75, 3.05) is 17.6 Å². The van der Waals surface area contributed by atoms with Crippen LogP contribution in [0.2, 0.25) is 0 Å². The van der Waals surface area contributed by atoms with Gasteiger partial charge >= 0.3 is 0 Å². The molecule has 0 radical (unpaired) electrons. The van der Waals surface area contributed by atoms with Crippen molar-refractivity contribution in [3.63, 3.8) is 0 Å². The van der Waals surface area contributed by atoms with Gasteiger partial charge in [0.1, 0.15) is 5.82 Å². The lowest BCUT2D eigenvalue weighted by molar-refractivity contribution is 0.619. The Morgan fingerprint density at radius 1 is 1.44 bits per heavy atom. The molecule has 1 heterocycles. The summed E-state index contributed by atoms with van der Waals surface area (Å²) in [6.45, 7) is 2.46. The maximum Gasteiger partial charge on any atom is 0.128 e. The van der Waals surface area contributed by atoms with E-state index in [1.807, 2.05) is 19.4 Å². The van der Waals surface area contributed by atoms with Crippen molar-refractivity contribution < 1.29 is 4.39 Å². The molecule has 96 valence electrons. The molecule has 0 saturated carbocycles. The molecule has 3 N–H and O–H groups in total. The standard InChI is InChI=1S/C13H17FN4/c1-9-5-13(12(15)6-11(9)14)16-4-3-10-7-17-18(2)8-10/h5-8,16H,3-4,15H2,1-2H3. The lowest BCUT2D eigenvalue weighted by Gasteiger charge is -2.10. The van der Waals surface area contributed by atoms with E-state index in [0.717, 1.165) is 24.2 Å². The van der Waals surface area contributed by atoms with Crippen LogP contribution in [0.3, 0.4) is 0 Å². The topological polar surface area (TPSA) is 55.9 Å². The number of nitrogens with zero attached hydrogens (tertiary/aromatic N) is 2. The first-order valence-corrected chi connectivity index (χ1v) is 5.83. The van der Waals surface area contributed by atoms with Gasteiger partial charge in [-0.2, -0.15) is 5.10 Å². The van der Waals surface area contributed by atoms with Crippen LogP contribution in [0.5, 0.6) is 0 Å². The van der Waals surface area contributed by atoms with Crippen molar-refractivity contribution >= 4 is 11.4 Å². The van der Waals surface area contributed by atoms with Crippen LogP contribution >= 0.6 is 0 Å². The Balaban J connectivity index is 1.96. The zero-order valence-electron chi connectivity index (χ0n) is 10.6. The van der Waals surface area contributed by atoms with Crippen LogP contribution in [0, 0.1) is 12.7 Å². The number of benzene rings is 1. The molecule has 0 atom stereocenters. The smallest absolute Gasteiger partial charge is 0.128 e. The summed E-state index contributed by atoms with van der Waals surface area (Å²) in [5, 5.41) is 7.31. The molecule has 4 nitrogen and oxygen atoms in total. The number of aryl methyl sites for hydroxylation is 2. The van der Waals surface area contributed by atoms with E-state index in [9.17, 15) is 4.39 Å². The molecule has 0 unspecified atom stereocenters.